The van der Waals surface area contributed by atoms with Crippen LogP contribution in [-0.4, -0.2) is 26.5 Å². The predicted octanol–water partition coefficient (Wildman–Crippen LogP) is 3.47. The lowest BCUT2D eigenvalue weighted by Crippen LogP contribution is -2.23. The molecule has 0 saturated heterocycles. The van der Waals surface area contributed by atoms with Crippen LogP contribution in [0.5, 0.6) is 0 Å². The van der Waals surface area contributed by atoms with Crippen LogP contribution in [0.25, 0.3) is 0 Å². The molecule has 0 spiro atoms. The monoisotopic (exact) mass is 393 g/mol. The number of benzene rings is 1. The van der Waals surface area contributed by atoms with Crippen molar-refractivity contribution in [2.75, 3.05) is 5.32 Å². The number of aryl methyl sites for hydroxylation is 4. The quantitative estimate of drug-likeness (QED) is 0.814. The Kier molecular flexibility index (Phi) is 5.43. The van der Waals surface area contributed by atoms with Crippen LogP contribution in [0.4, 0.5) is 5.69 Å². The average molecular weight is 394 g/mol. The fourth-order valence-electron chi connectivity index (χ4n) is 2.80. The first-order chi connectivity index (χ1) is 11.2. The van der Waals surface area contributed by atoms with Gasteiger partial charge in [-0.3, -0.25) is 4.79 Å². The lowest BCUT2D eigenvalue weighted by Gasteiger charge is -2.14. The molecule has 1 heterocycles. The third-order valence-electron chi connectivity index (χ3n) is 3.77. The lowest BCUT2D eigenvalue weighted by molar-refractivity contribution is -0.116. The van der Waals surface area contributed by atoms with Crippen LogP contribution in [-0.2, 0) is 17.8 Å². The second kappa shape index (κ2) is 7.17. The molecule has 24 heavy (non-hydrogen) atoms. The summed E-state index contributed by atoms with van der Waals surface area (Å²) in [7, 11) is 0. The maximum absolute atomic E-state index is 12.4. The zero-order valence-corrected chi connectivity index (χ0v) is 15.7. The predicted molar refractivity (Wildman–Crippen MR) is 95.5 cm³/mol. The minimum absolute atomic E-state index is 0.0388. The van der Waals surface area contributed by atoms with Gasteiger partial charge in [-0.1, -0.05) is 24.6 Å². The summed E-state index contributed by atoms with van der Waals surface area (Å²) in [5, 5.41) is 12.3. The van der Waals surface area contributed by atoms with Crippen LogP contribution in [0.15, 0.2) is 16.9 Å². The van der Waals surface area contributed by atoms with Crippen molar-refractivity contribution >= 4 is 33.5 Å². The number of carbonyl (C=O) groups excluding carboxylic acids is 1. The zero-order chi connectivity index (χ0) is 18.0. The van der Waals surface area contributed by atoms with E-state index in [1.54, 1.807) is 0 Å². The van der Waals surface area contributed by atoms with Crippen molar-refractivity contribution in [1.82, 2.24) is 9.55 Å². The highest BCUT2D eigenvalue weighted by molar-refractivity contribution is 9.10. The second-order valence-electron chi connectivity index (χ2n) is 5.74. The minimum Gasteiger partial charge on any atom is -0.477 e. The number of carbonyl (C=O) groups is 2. The van der Waals surface area contributed by atoms with Gasteiger partial charge in [0.05, 0.1) is 5.69 Å². The Morgan fingerprint density at radius 3 is 2.33 bits per heavy atom. The van der Waals surface area contributed by atoms with Gasteiger partial charge >= 0.3 is 5.97 Å². The highest BCUT2D eigenvalue weighted by atomic mass is 79.9. The molecule has 128 valence electrons. The highest BCUT2D eigenvalue weighted by Gasteiger charge is 2.22. The number of rotatable bonds is 5. The summed E-state index contributed by atoms with van der Waals surface area (Å²) >= 11 is 3.24. The summed E-state index contributed by atoms with van der Waals surface area (Å²) in [5.74, 6) is -1.39. The van der Waals surface area contributed by atoms with E-state index in [0.29, 0.717) is 16.8 Å². The van der Waals surface area contributed by atoms with Crippen LogP contribution in [0.1, 0.15) is 39.8 Å². The Morgan fingerprint density at radius 1 is 1.25 bits per heavy atom. The maximum Gasteiger partial charge on any atom is 0.354 e. The zero-order valence-electron chi connectivity index (χ0n) is 14.1. The van der Waals surface area contributed by atoms with E-state index in [1.165, 1.54) is 4.57 Å². The van der Waals surface area contributed by atoms with E-state index in [1.807, 2.05) is 39.8 Å². The van der Waals surface area contributed by atoms with E-state index in [9.17, 15) is 14.7 Å². The SMILES string of the molecule is CCc1nc(Br)n(CC(=O)Nc2c(C)cc(C)cc2C)c1C(=O)O. The molecular formula is C17H20BrN3O3. The summed E-state index contributed by atoms with van der Waals surface area (Å²) in [6.07, 6.45) is 0.477. The first-order valence-electron chi connectivity index (χ1n) is 7.60. The van der Waals surface area contributed by atoms with Crippen LogP contribution >= 0.6 is 15.9 Å². The normalized spacial score (nSPS) is 10.7. The third kappa shape index (κ3) is 3.67. The van der Waals surface area contributed by atoms with E-state index < -0.39 is 5.97 Å². The van der Waals surface area contributed by atoms with Gasteiger partial charge in [0.25, 0.3) is 0 Å². The Balaban J connectivity index is 2.29. The van der Waals surface area contributed by atoms with Crippen molar-refractivity contribution < 1.29 is 14.7 Å². The number of hydrogen-bond donors (Lipinski definition) is 2. The largest absolute Gasteiger partial charge is 0.477 e. The van der Waals surface area contributed by atoms with Crippen molar-refractivity contribution in [2.45, 2.75) is 40.7 Å². The fourth-order valence-corrected chi connectivity index (χ4v) is 3.32. The Morgan fingerprint density at radius 2 is 1.83 bits per heavy atom. The van der Waals surface area contributed by atoms with Gasteiger partial charge in [-0.2, -0.15) is 0 Å². The summed E-state index contributed by atoms with van der Waals surface area (Å²) in [6.45, 7) is 7.56. The number of aromatic carboxylic acids is 1. The summed E-state index contributed by atoms with van der Waals surface area (Å²) in [6, 6.07) is 3.99. The number of halogens is 1. The molecule has 1 amide bonds. The summed E-state index contributed by atoms with van der Waals surface area (Å²) in [5.41, 5.74) is 4.31. The molecule has 0 atom stereocenters. The van der Waals surface area contributed by atoms with Crippen LogP contribution in [0.3, 0.4) is 0 Å². The molecular weight excluding hydrogens is 374 g/mol. The highest BCUT2D eigenvalue weighted by Crippen LogP contribution is 2.23. The van der Waals surface area contributed by atoms with Crippen molar-refractivity contribution in [3.8, 4) is 0 Å². The number of hydrogen-bond acceptors (Lipinski definition) is 3. The number of amides is 1. The van der Waals surface area contributed by atoms with Crippen molar-refractivity contribution in [3.63, 3.8) is 0 Å². The molecule has 0 radical (unpaired) electrons. The number of anilines is 1. The first-order valence-corrected chi connectivity index (χ1v) is 8.39. The third-order valence-corrected chi connectivity index (χ3v) is 4.38. The van der Waals surface area contributed by atoms with Crippen molar-refractivity contribution in [3.05, 3.63) is 44.9 Å². The van der Waals surface area contributed by atoms with Gasteiger partial charge < -0.3 is 15.0 Å². The van der Waals surface area contributed by atoms with E-state index in [-0.39, 0.29) is 18.1 Å². The van der Waals surface area contributed by atoms with E-state index in [2.05, 4.69) is 26.2 Å². The van der Waals surface area contributed by atoms with Crippen molar-refractivity contribution in [2.24, 2.45) is 0 Å². The minimum atomic E-state index is -1.10. The van der Waals surface area contributed by atoms with E-state index in [0.717, 1.165) is 22.4 Å². The summed E-state index contributed by atoms with van der Waals surface area (Å²) in [4.78, 5) is 28.1. The summed E-state index contributed by atoms with van der Waals surface area (Å²) < 4.78 is 1.71. The van der Waals surface area contributed by atoms with Gasteiger partial charge in [-0.05, 0) is 54.2 Å². The van der Waals surface area contributed by atoms with Gasteiger partial charge in [-0.15, -0.1) is 0 Å². The molecule has 2 N–H and O–H groups in total. The number of carboxylic acids is 1. The number of carboxylic acid groups (broad SMARTS) is 1. The number of nitrogens with zero attached hydrogens (tertiary/aromatic N) is 2. The van der Waals surface area contributed by atoms with Crippen LogP contribution in [0.2, 0.25) is 0 Å². The molecule has 1 aromatic heterocycles. The molecule has 1 aromatic carbocycles. The molecule has 2 aromatic rings. The first kappa shape index (κ1) is 18.2. The molecule has 6 nitrogen and oxygen atoms in total. The topological polar surface area (TPSA) is 84.2 Å². The Labute approximate surface area is 149 Å². The number of imidazole rings is 1. The van der Waals surface area contributed by atoms with Gasteiger partial charge in [0.2, 0.25) is 5.91 Å². The molecule has 0 unspecified atom stereocenters. The van der Waals surface area contributed by atoms with Gasteiger partial charge in [0, 0.05) is 5.69 Å². The lowest BCUT2D eigenvalue weighted by atomic mass is 10.1. The number of aromatic nitrogens is 2. The molecule has 0 saturated carbocycles. The van der Waals surface area contributed by atoms with Gasteiger partial charge in [0.15, 0.2) is 10.4 Å². The van der Waals surface area contributed by atoms with Crippen LogP contribution in [0, 0.1) is 20.8 Å². The smallest absolute Gasteiger partial charge is 0.354 e. The molecule has 2 rings (SSSR count). The number of nitrogens with one attached hydrogen (secondary N) is 1. The maximum atomic E-state index is 12.4. The molecule has 0 aliphatic heterocycles. The van der Waals surface area contributed by atoms with Gasteiger partial charge in [0.1, 0.15) is 6.54 Å². The molecule has 0 aliphatic rings. The van der Waals surface area contributed by atoms with Gasteiger partial charge in [-0.25, -0.2) is 9.78 Å². The molecule has 7 heteroatoms. The standard InChI is InChI=1S/C17H20BrN3O3/c1-5-12-15(16(23)24)21(17(18)19-12)8-13(22)20-14-10(3)6-9(2)7-11(14)4/h6-7H,5,8H2,1-4H3,(H,20,22)(H,23,24). The van der Waals surface area contributed by atoms with E-state index >= 15 is 0 Å². The second-order valence-corrected chi connectivity index (χ2v) is 6.45. The Bertz CT molecular complexity index is 789. The fraction of sp³-hybridized carbons (Fsp3) is 0.353. The average Bonchev–Trinajstić information content (AvgIpc) is 2.79. The Hall–Kier alpha value is -2.15. The van der Waals surface area contributed by atoms with Crippen molar-refractivity contribution in [1.29, 1.82) is 0 Å². The molecule has 0 fully saturated rings. The van der Waals surface area contributed by atoms with E-state index in [4.69, 9.17) is 0 Å². The molecule has 0 aliphatic carbocycles. The van der Waals surface area contributed by atoms with Crippen LogP contribution < -0.4 is 5.32 Å². The molecule has 0 bridgehead atoms.